The quantitative estimate of drug-likeness (QED) is 0.0794. The number of nitrogens with one attached hydrogen (secondary N) is 5. The zero-order chi connectivity index (χ0) is 88.2. The Labute approximate surface area is 724 Å². The van der Waals surface area contributed by atoms with E-state index in [1.807, 2.05) is 6.07 Å². The van der Waals surface area contributed by atoms with Crippen molar-refractivity contribution < 1.29 is 98.8 Å². The SMILES string of the molecule is Cc1cc2c(s1)C(C(=O)Nc1ccc(Br)cc1)C(=O)N(C)S2(=O)=O.Cc1cc2c(s1)C(C(=O)Nc1ccc(Cl)c(Cl)c1)C(=O)N(C)S2(=O)=O.Cc1cc2c(s1)C(C(=O)Nc1ccc(F)cc1)C(=O)N(C)S2(=O)=O.Cc1cc2c(s1)C(C(=O)Nc1ccccc1)C(=O)N(C)S2(=O)=O.Cc1cc2c(s1)C(C(=O)Nc1ccccc1F)C(=O)N(C)S2(=O)=O. The van der Waals surface area contributed by atoms with Gasteiger partial charge >= 0.3 is 0 Å². The van der Waals surface area contributed by atoms with Crippen molar-refractivity contribution in [3.05, 3.63) is 227 Å². The highest BCUT2D eigenvalue weighted by atomic mass is 79.9. The van der Waals surface area contributed by atoms with Gasteiger partial charge in [-0.25, -0.2) is 72.4 Å². The van der Waals surface area contributed by atoms with Gasteiger partial charge in [-0.15, -0.1) is 56.7 Å². The Kier molecular flexibility index (Phi) is 26.6. The van der Waals surface area contributed by atoms with Crippen LogP contribution in [0.1, 0.15) is 78.4 Å². The lowest BCUT2D eigenvalue weighted by molar-refractivity contribution is -0.134. The van der Waals surface area contributed by atoms with Crippen molar-refractivity contribution in [3.63, 3.8) is 0 Å². The number of thiophene rings is 5. The molecule has 5 N–H and O–H groups in total. The van der Waals surface area contributed by atoms with Crippen LogP contribution in [-0.4, -0.2) is 158 Å². The number of anilines is 5. The first-order valence-corrected chi connectivity index (χ1v) is 47.4. The second kappa shape index (κ2) is 35.2. The summed E-state index contributed by atoms with van der Waals surface area (Å²) in [5.41, 5.74) is 1.69. The van der Waals surface area contributed by atoms with E-state index in [1.165, 1.54) is 99.0 Å². The van der Waals surface area contributed by atoms with Gasteiger partial charge in [0, 0.05) is 111 Å². The third-order valence-corrected chi connectivity index (χ3v) is 34.9. The number of fused-ring (bicyclic) bond motifs is 5. The Morgan fingerprint density at radius 1 is 0.333 bits per heavy atom. The van der Waals surface area contributed by atoms with E-state index in [-0.39, 0.29) is 59.6 Å². The van der Waals surface area contributed by atoms with Gasteiger partial charge in [-0.3, -0.25) is 47.9 Å². The number of aryl methyl sites for hydroxylation is 5. The second-order valence-corrected chi connectivity index (χ2v) is 44.4. The van der Waals surface area contributed by atoms with Crippen LogP contribution in [-0.2, 0) is 98.1 Å². The van der Waals surface area contributed by atoms with Crippen molar-refractivity contribution in [2.75, 3.05) is 61.8 Å². The molecular weight excluding hydrogens is 1870 g/mol. The normalized spacial score (nSPS) is 19.0. The zero-order valence-electron chi connectivity index (χ0n) is 63.7. The molecule has 15 rings (SSSR count). The monoisotopic (exact) mass is 1930 g/mol. The molecule has 30 nitrogen and oxygen atoms in total. The lowest BCUT2D eigenvalue weighted by atomic mass is 10.1. The fourth-order valence-corrected chi connectivity index (χ4v) is 27.2. The molecule has 5 aliphatic heterocycles. The number of para-hydroxylation sites is 2. The van der Waals surface area contributed by atoms with Crippen molar-refractivity contribution in [1.29, 1.82) is 0 Å². The predicted molar refractivity (Wildman–Crippen MR) is 452 cm³/mol. The fraction of sp³-hybridized carbons (Fsp3) is 0.200. The third-order valence-electron chi connectivity index (χ3n) is 18.4. The lowest BCUT2D eigenvalue weighted by Crippen LogP contribution is -2.45. The minimum absolute atomic E-state index is 0.00797. The van der Waals surface area contributed by atoms with Gasteiger partial charge in [0.05, 0.1) is 15.7 Å². The van der Waals surface area contributed by atoms with Gasteiger partial charge in [0.15, 0.2) is 29.6 Å². The summed E-state index contributed by atoms with van der Waals surface area (Å²) in [6, 6.07) is 38.1. The molecule has 10 amide bonds. The van der Waals surface area contributed by atoms with Crippen LogP contribution in [0, 0.1) is 46.3 Å². The number of likely N-dealkylation sites (N-methyl/N-ethyl adjacent to an activating group) is 5. The molecule has 630 valence electrons. The summed E-state index contributed by atoms with van der Waals surface area (Å²) in [4.78, 5) is 130. The summed E-state index contributed by atoms with van der Waals surface area (Å²) in [6.45, 7) is 8.60. The molecule has 0 fully saturated rings. The van der Waals surface area contributed by atoms with Gasteiger partial charge in [0.2, 0.25) is 29.5 Å². The summed E-state index contributed by atoms with van der Waals surface area (Å²) in [6.07, 6.45) is 0. The van der Waals surface area contributed by atoms with Gasteiger partial charge in [0.1, 0.15) is 36.1 Å². The van der Waals surface area contributed by atoms with E-state index in [1.54, 1.807) is 95.3 Å². The van der Waals surface area contributed by atoms with E-state index in [4.69, 9.17) is 23.2 Å². The number of sulfonamides is 5. The zero-order valence-corrected chi connectivity index (χ0v) is 75.0. The number of nitrogens with zero attached hydrogens (tertiary/aromatic N) is 5. The summed E-state index contributed by atoms with van der Waals surface area (Å²) in [7, 11) is -13.8. The molecular formula is C75H65BrCl2F2N10O20S10. The van der Waals surface area contributed by atoms with Crippen molar-refractivity contribution in [2.45, 2.75) is 88.7 Å². The van der Waals surface area contributed by atoms with E-state index in [9.17, 15) is 98.8 Å². The molecule has 5 unspecified atom stereocenters. The summed E-state index contributed by atoms with van der Waals surface area (Å²) in [5.74, 6) is -14.4. The average molecular weight is 1940 g/mol. The van der Waals surface area contributed by atoms with Crippen LogP contribution in [0.2, 0.25) is 10.0 Å². The summed E-state index contributed by atoms with van der Waals surface area (Å²) < 4.78 is 154. The molecule has 120 heavy (non-hydrogen) atoms. The highest BCUT2D eigenvalue weighted by Gasteiger charge is 2.51. The van der Waals surface area contributed by atoms with Crippen LogP contribution in [0.4, 0.5) is 37.2 Å². The standard InChI is InChI=1S/C15H13BrN2O4S2.C15H12Cl2N2O4S2.2C15H13FN2O4S2.C15H14N2O4S2/c1-8-7-11-13(23-8)12(15(20)18(2)24(11,21)22)14(19)17-10-5-3-9(16)4-6-10;1-7-5-11-13(24-7)12(15(21)19(2)25(11,22)23)14(20)18-8-3-4-9(16)10(17)6-8;1-8-7-11-13(23-8)12(15(20)18(2)24(11,21)22)14(19)17-10-5-3-9(16)4-6-10;1-8-7-11-13(23-8)12(15(20)18(2)24(11,21)22)14(19)17-10-6-4-3-5-9(10)16;1-9-8-11-13(22-9)12(15(19)17(2)23(11,20)21)14(18)16-10-6-4-3-5-7-10/h3-7,12H,1-2H3,(H,17,19);3-6,12H,1-2H3,(H,18,20);2*3-7,12H,1-2H3,(H,17,19);3-8,12H,1-2H3,(H,16,18). The largest absolute Gasteiger partial charge is 0.325 e. The van der Waals surface area contributed by atoms with E-state index >= 15 is 0 Å². The smallest absolute Gasteiger partial charge is 0.267 e. The van der Waals surface area contributed by atoms with E-state index < -0.39 is 150 Å². The Bertz CT molecular complexity index is 6370. The second-order valence-electron chi connectivity index (χ2n) is 26.6. The molecule has 10 aromatic rings. The maximum atomic E-state index is 13.7. The number of rotatable bonds is 10. The minimum atomic E-state index is -3.96. The van der Waals surface area contributed by atoms with Crippen molar-refractivity contribution in [1.82, 2.24) is 21.5 Å². The minimum Gasteiger partial charge on any atom is -0.325 e. The molecule has 5 aliphatic rings. The van der Waals surface area contributed by atoms with Gasteiger partial charge in [-0.2, -0.15) is 0 Å². The third kappa shape index (κ3) is 18.0. The molecule has 0 saturated heterocycles. The fourth-order valence-electron chi connectivity index (χ4n) is 12.3. The Morgan fingerprint density at radius 2 is 0.583 bits per heavy atom. The number of benzene rings is 5. The van der Waals surface area contributed by atoms with Crippen LogP contribution in [0.5, 0.6) is 0 Å². The molecule has 5 aromatic heterocycles. The maximum absolute atomic E-state index is 13.7. The number of carbonyl (C=O) groups excluding carboxylic acids is 10. The Morgan fingerprint density at radius 3 is 0.875 bits per heavy atom. The molecule has 0 bridgehead atoms. The van der Waals surface area contributed by atoms with E-state index in [0.29, 0.717) is 63.9 Å². The maximum Gasteiger partial charge on any atom is 0.267 e. The summed E-state index contributed by atoms with van der Waals surface area (Å²) >= 11 is 20.7. The molecule has 0 aliphatic carbocycles. The van der Waals surface area contributed by atoms with E-state index in [2.05, 4.69) is 42.5 Å². The highest BCUT2D eigenvalue weighted by Crippen LogP contribution is 2.46. The van der Waals surface area contributed by atoms with Crippen LogP contribution < -0.4 is 26.6 Å². The first-order valence-electron chi connectivity index (χ1n) is 34.6. The first kappa shape index (κ1) is 90.7. The lowest BCUT2D eigenvalue weighted by Gasteiger charge is -2.28. The van der Waals surface area contributed by atoms with Gasteiger partial charge in [-0.05, 0) is 156 Å². The first-order chi connectivity index (χ1) is 56.1. The molecule has 10 heterocycles. The van der Waals surface area contributed by atoms with Crippen LogP contribution in [0.15, 0.2) is 181 Å². The molecule has 0 saturated carbocycles. The molecule has 5 atom stereocenters. The van der Waals surface area contributed by atoms with Gasteiger partial charge in [0.25, 0.3) is 79.7 Å². The van der Waals surface area contributed by atoms with Gasteiger partial charge < -0.3 is 26.6 Å². The molecule has 0 radical (unpaired) electrons. The molecule has 5 aromatic carbocycles. The van der Waals surface area contributed by atoms with Gasteiger partial charge in [-0.1, -0.05) is 69.5 Å². The van der Waals surface area contributed by atoms with Crippen LogP contribution in [0.25, 0.3) is 0 Å². The van der Waals surface area contributed by atoms with Crippen molar-refractivity contribution in [2.24, 2.45) is 0 Å². The average Bonchev–Trinajstić information content (AvgIpc) is 1.60. The predicted octanol–water partition coefficient (Wildman–Crippen LogP) is 12.0. The number of hydrogen-bond donors (Lipinski definition) is 5. The molecule has 0 spiro atoms. The number of carbonyl (C=O) groups is 10. The van der Waals surface area contributed by atoms with Crippen LogP contribution in [0.3, 0.4) is 0 Å². The summed E-state index contributed by atoms with van der Waals surface area (Å²) in [5, 5.41) is 13.4. The Balaban J connectivity index is 0.000000147. The van der Waals surface area contributed by atoms with E-state index in [0.717, 1.165) is 92.1 Å². The number of hydrogen-bond acceptors (Lipinski definition) is 25. The Hall–Kier alpha value is -10.0. The number of amides is 10. The highest BCUT2D eigenvalue weighted by molar-refractivity contribution is 9.10. The number of halogens is 5. The molecule has 45 heteroatoms. The van der Waals surface area contributed by atoms with Crippen molar-refractivity contribution >= 4 is 233 Å². The van der Waals surface area contributed by atoms with Crippen molar-refractivity contribution in [3.8, 4) is 0 Å². The van der Waals surface area contributed by atoms with Crippen LogP contribution >= 0.6 is 95.8 Å². The topological polar surface area (TPSA) is 418 Å².